The number of hydrogen-bond acceptors (Lipinski definition) is 11. The Bertz CT molecular complexity index is 2240. The standard InChI is InChI=1S/C35H32N4O9S3/c1-46-19-8-6-18(7-9-19)39-33(41)28-21-14-22(29(28)34(39)42)30-27(21)26(31-32(49-30)38-35(43)50-31)16-3-12-23(24(13-16)47-2)48-15-25(40)37-17-4-10-20(11-5-17)51(36,44)45/h3-13,21-22,26-30H,14-15H2,1-2H3,(H,37,40)(H,38,43)(H2,36,44,45)/t21-,22-,26+,27-,28+,29+,30-/m1/s1. The van der Waals surface area contributed by atoms with E-state index < -0.39 is 27.8 Å². The first-order chi connectivity index (χ1) is 24.5. The van der Waals surface area contributed by atoms with E-state index in [2.05, 4.69) is 10.3 Å². The van der Waals surface area contributed by atoms with Crippen LogP contribution in [-0.4, -0.2) is 57.2 Å². The molecule has 1 aromatic heterocycles. The molecule has 4 N–H and O–H groups in total. The van der Waals surface area contributed by atoms with Crippen LogP contribution in [0.2, 0.25) is 0 Å². The molecule has 264 valence electrons. The van der Waals surface area contributed by atoms with Gasteiger partial charge in [0.25, 0.3) is 5.91 Å². The van der Waals surface area contributed by atoms with Crippen molar-refractivity contribution < 1.29 is 37.0 Å². The number of aromatic nitrogens is 1. The van der Waals surface area contributed by atoms with E-state index in [1.807, 2.05) is 12.1 Å². The number of benzene rings is 3. The number of H-pyrrole nitrogens is 1. The highest BCUT2D eigenvalue weighted by molar-refractivity contribution is 8.00. The molecule has 3 amide bonds. The Hall–Kier alpha value is -4.64. The molecule has 4 aromatic rings. The lowest BCUT2D eigenvalue weighted by Crippen LogP contribution is -2.42. The molecule has 2 aliphatic carbocycles. The smallest absolute Gasteiger partial charge is 0.305 e. The monoisotopic (exact) mass is 748 g/mol. The fourth-order valence-electron chi connectivity index (χ4n) is 8.44. The summed E-state index contributed by atoms with van der Waals surface area (Å²) in [6.07, 6.45) is 0.749. The van der Waals surface area contributed by atoms with Crippen LogP contribution >= 0.6 is 23.1 Å². The summed E-state index contributed by atoms with van der Waals surface area (Å²) < 4.78 is 39.8. The SMILES string of the molecule is COc1ccc(N2C(=O)[C@H]3[C@H]4C[C@@H]([C@@H]3C2=O)[C@@H]2[C@H](c3ccc(OCC(=O)Nc5ccc(S(N)(=O)=O)cc5)c(OC)c3)c3sc(=O)[nH]c3S[C@H]42)cc1. The summed E-state index contributed by atoms with van der Waals surface area (Å²) in [6, 6.07) is 17.8. The number of anilines is 2. The first-order valence-corrected chi connectivity index (χ1v) is 19.4. The maximum absolute atomic E-state index is 14.1. The van der Waals surface area contributed by atoms with Gasteiger partial charge in [-0.15, -0.1) is 11.8 Å². The first-order valence-electron chi connectivity index (χ1n) is 16.1. The van der Waals surface area contributed by atoms with Crippen molar-refractivity contribution in [1.82, 2.24) is 4.98 Å². The summed E-state index contributed by atoms with van der Waals surface area (Å²) in [6.45, 7) is -0.353. The molecule has 2 bridgehead atoms. The van der Waals surface area contributed by atoms with E-state index >= 15 is 0 Å². The van der Waals surface area contributed by atoms with Crippen LogP contribution in [0.1, 0.15) is 22.8 Å². The molecule has 16 heteroatoms. The largest absolute Gasteiger partial charge is 0.497 e. The fraction of sp³-hybridized carbons (Fsp3) is 0.314. The van der Waals surface area contributed by atoms with Crippen LogP contribution in [0.15, 0.2) is 81.4 Å². The number of hydrogen-bond donors (Lipinski definition) is 3. The normalized spacial score (nSPS) is 26.0. The second-order valence-corrected chi connectivity index (χ2v) is 16.8. The van der Waals surface area contributed by atoms with Crippen LogP contribution in [0.5, 0.6) is 17.2 Å². The topological polar surface area (TPSA) is 187 Å². The number of sulfonamides is 1. The van der Waals surface area contributed by atoms with Crippen LogP contribution in [-0.2, 0) is 24.4 Å². The van der Waals surface area contributed by atoms with Gasteiger partial charge >= 0.3 is 4.87 Å². The molecular weight excluding hydrogens is 717 g/mol. The van der Waals surface area contributed by atoms with E-state index in [1.165, 1.54) is 36.3 Å². The second-order valence-electron chi connectivity index (χ2n) is 13.0. The number of nitrogens with one attached hydrogen (secondary N) is 2. The predicted molar refractivity (Wildman–Crippen MR) is 189 cm³/mol. The highest BCUT2D eigenvalue weighted by Crippen LogP contribution is 2.68. The van der Waals surface area contributed by atoms with Gasteiger partial charge in [-0.05, 0) is 90.4 Å². The first kappa shape index (κ1) is 33.5. The summed E-state index contributed by atoms with van der Waals surface area (Å²) in [4.78, 5) is 58.4. The van der Waals surface area contributed by atoms with Gasteiger partial charge in [0.05, 0.1) is 41.7 Å². The summed E-state index contributed by atoms with van der Waals surface area (Å²) in [5.74, 6) is -0.729. The van der Waals surface area contributed by atoms with Crippen molar-refractivity contribution in [1.29, 1.82) is 0 Å². The molecule has 7 atom stereocenters. The molecule has 3 aromatic carbocycles. The number of imide groups is 1. The number of aromatic amines is 1. The fourth-order valence-corrected chi connectivity index (χ4v) is 11.8. The number of amides is 3. The number of nitrogens with zero attached hydrogens (tertiary/aromatic N) is 1. The van der Waals surface area contributed by atoms with Crippen molar-refractivity contribution in [2.75, 3.05) is 31.0 Å². The lowest BCUT2D eigenvalue weighted by atomic mass is 9.68. The Labute approximate surface area is 300 Å². The average Bonchev–Trinajstić information content (AvgIpc) is 3.86. The van der Waals surface area contributed by atoms with Gasteiger partial charge in [-0.25, -0.2) is 13.6 Å². The number of thiazole rings is 1. The summed E-state index contributed by atoms with van der Waals surface area (Å²) in [5.41, 5.74) is 1.77. The van der Waals surface area contributed by atoms with Gasteiger partial charge in [0.15, 0.2) is 18.1 Å². The lowest BCUT2D eigenvalue weighted by Gasteiger charge is -2.43. The third-order valence-corrected chi connectivity index (χ3v) is 13.9. The van der Waals surface area contributed by atoms with Gasteiger partial charge in [-0.2, -0.15) is 0 Å². The maximum Gasteiger partial charge on any atom is 0.305 e. The molecule has 3 fully saturated rings. The molecule has 13 nitrogen and oxygen atoms in total. The van der Waals surface area contributed by atoms with E-state index in [-0.39, 0.29) is 57.1 Å². The van der Waals surface area contributed by atoms with Crippen LogP contribution < -0.4 is 34.4 Å². The molecule has 0 spiro atoms. The van der Waals surface area contributed by atoms with Crippen LogP contribution in [0.4, 0.5) is 11.4 Å². The van der Waals surface area contributed by atoms with Gasteiger partial charge in [0.2, 0.25) is 21.8 Å². The molecule has 2 aliphatic heterocycles. The number of carbonyl (C=O) groups is 3. The number of thioether (sulfide) groups is 1. The molecule has 0 radical (unpaired) electrons. The number of methoxy groups -OCH3 is 2. The van der Waals surface area contributed by atoms with Crippen molar-refractivity contribution in [3.63, 3.8) is 0 Å². The van der Waals surface area contributed by atoms with E-state index in [9.17, 15) is 27.6 Å². The van der Waals surface area contributed by atoms with E-state index in [0.717, 1.165) is 33.2 Å². The third kappa shape index (κ3) is 5.60. The Morgan fingerprint density at radius 1 is 0.941 bits per heavy atom. The molecule has 0 unspecified atom stereocenters. The average molecular weight is 749 g/mol. The van der Waals surface area contributed by atoms with Crippen LogP contribution in [0, 0.1) is 29.6 Å². The summed E-state index contributed by atoms with van der Waals surface area (Å²) in [7, 11) is -0.805. The van der Waals surface area contributed by atoms with Crippen molar-refractivity contribution in [3.8, 4) is 17.2 Å². The predicted octanol–water partition coefficient (Wildman–Crippen LogP) is 3.80. The molecule has 8 rings (SSSR count). The number of nitrogens with two attached hydrogens (primary N) is 1. The van der Waals surface area contributed by atoms with Gasteiger partial charge in [-0.3, -0.25) is 24.1 Å². The van der Waals surface area contributed by atoms with Gasteiger partial charge in [0.1, 0.15) is 5.75 Å². The van der Waals surface area contributed by atoms with Crippen molar-refractivity contribution in [3.05, 3.63) is 86.8 Å². The zero-order valence-electron chi connectivity index (χ0n) is 27.2. The molecule has 3 heterocycles. The molecule has 51 heavy (non-hydrogen) atoms. The van der Waals surface area contributed by atoms with Gasteiger partial charge < -0.3 is 24.5 Å². The summed E-state index contributed by atoms with van der Waals surface area (Å²) in [5, 5.41) is 8.59. The molecule has 2 saturated carbocycles. The Morgan fingerprint density at radius 2 is 1.65 bits per heavy atom. The lowest BCUT2D eigenvalue weighted by molar-refractivity contribution is -0.123. The molecule has 1 saturated heterocycles. The Kier molecular flexibility index (Phi) is 8.24. The Morgan fingerprint density at radius 3 is 2.31 bits per heavy atom. The van der Waals surface area contributed by atoms with Crippen molar-refractivity contribution in [2.24, 2.45) is 34.7 Å². The number of ether oxygens (including phenoxy) is 3. The highest BCUT2D eigenvalue weighted by Gasteiger charge is 2.69. The number of primary sulfonamides is 1. The number of fused-ring (bicyclic) bond motifs is 9. The Balaban J connectivity index is 1.05. The second kappa shape index (κ2) is 12.5. The minimum absolute atomic E-state index is 0.0104. The van der Waals surface area contributed by atoms with E-state index in [4.69, 9.17) is 19.3 Å². The zero-order chi connectivity index (χ0) is 35.8. The zero-order valence-corrected chi connectivity index (χ0v) is 29.7. The van der Waals surface area contributed by atoms with Gasteiger partial charge in [-0.1, -0.05) is 17.4 Å². The minimum atomic E-state index is -3.86. The number of rotatable bonds is 9. The van der Waals surface area contributed by atoms with Crippen molar-refractivity contribution in [2.45, 2.75) is 27.5 Å². The van der Waals surface area contributed by atoms with Gasteiger partial charge in [0, 0.05) is 21.7 Å². The quantitative estimate of drug-likeness (QED) is 0.213. The van der Waals surface area contributed by atoms with Crippen LogP contribution in [0.25, 0.3) is 0 Å². The van der Waals surface area contributed by atoms with E-state index in [0.29, 0.717) is 28.6 Å². The minimum Gasteiger partial charge on any atom is -0.497 e. The third-order valence-electron chi connectivity index (χ3n) is 10.4. The summed E-state index contributed by atoms with van der Waals surface area (Å²) >= 11 is 2.77. The van der Waals surface area contributed by atoms with E-state index in [1.54, 1.807) is 49.2 Å². The van der Waals surface area contributed by atoms with Crippen LogP contribution in [0.3, 0.4) is 0 Å². The van der Waals surface area contributed by atoms with Crippen molar-refractivity contribution >= 4 is 62.2 Å². The number of carbonyl (C=O) groups excluding carboxylic acids is 3. The molecule has 4 aliphatic rings. The molecular formula is C35H32N4O9S3. The maximum atomic E-state index is 14.1. The highest BCUT2D eigenvalue weighted by atomic mass is 32.2.